The second kappa shape index (κ2) is 10.3. The Morgan fingerprint density at radius 3 is 2.41 bits per heavy atom. The minimum absolute atomic E-state index is 0.327. The molecule has 0 aliphatic carbocycles. The van der Waals surface area contributed by atoms with Crippen molar-refractivity contribution in [3.05, 3.63) is 66.0 Å². The van der Waals surface area contributed by atoms with Gasteiger partial charge >= 0.3 is 6.36 Å². The van der Waals surface area contributed by atoms with Gasteiger partial charge in [-0.25, -0.2) is 9.37 Å². The average molecular weight is 449 g/mol. The molecular formula is C22H23F4N5O. The lowest BCUT2D eigenvalue weighted by molar-refractivity contribution is -0.274. The number of benzene rings is 2. The van der Waals surface area contributed by atoms with E-state index in [1.165, 1.54) is 30.3 Å². The molecule has 2 N–H and O–H groups in total. The van der Waals surface area contributed by atoms with E-state index in [9.17, 15) is 17.6 Å². The molecule has 0 aliphatic heterocycles. The first-order chi connectivity index (χ1) is 15.2. The van der Waals surface area contributed by atoms with Gasteiger partial charge in [-0.3, -0.25) is 0 Å². The molecule has 0 fully saturated rings. The van der Waals surface area contributed by atoms with Gasteiger partial charge in [-0.15, -0.1) is 13.2 Å². The highest BCUT2D eigenvalue weighted by atomic mass is 19.4. The van der Waals surface area contributed by atoms with Crippen LogP contribution in [0.5, 0.6) is 5.75 Å². The molecule has 0 amide bonds. The molecule has 0 bridgehead atoms. The Hall–Kier alpha value is -3.40. The van der Waals surface area contributed by atoms with Crippen LogP contribution >= 0.6 is 0 Å². The van der Waals surface area contributed by atoms with Gasteiger partial charge in [0.05, 0.1) is 5.69 Å². The molecule has 32 heavy (non-hydrogen) atoms. The predicted molar refractivity (Wildman–Crippen MR) is 115 cm³/mol. The van der Waals surface area contributed by atoms with E-state index in [-0.39, 0.29) is 11.6 Å². The predicted octanol–water partition coefficient (Wildman–Crippen LogP) is 4.77. The summed E-state index contributed by atoms with van der Waals surface area (Å²) < 4.78 is 54.9. The van der Waals surface area contributed by atoms with Crippen LogP contribution < -0.4 is 15.4 Å². The number of halogens is 4. The van der Waals surface area contributed by atoms with Crippen LogP contribution in [0.2, 0.25) is 0 Å². The number of aromatic nitrogens is 2. The van der Waals surface area contributed by atoms with Crippen LogP contribution in [0, 0.1) is 5.82 Å². The minimum Gasteiger partial charge on any atom is -0.406 e. The van der Waals surface area contributed by atoms with Crippen LogP contribution in [0.25, 0.3) is 11.3 Å². The van der Waals surface area contributed by atoms with Gasteiger partial charge in [0.2, 0.25) is 5.95 Å². The first kappa shape index (κ1) is 23.3. The van der Waals surface area contributed by atoms with Crippen molar-refractivity contribution in [1.29, 1.82) is 0 Å². The maximum Gasteiger partial charge on any atom is 0.573 e. The van der Waals surface area contributed by atoms with E-state index >= 15 is 0 Å². The largest absolute Gasteiger partial charge is 0.573 e. The molecule has 0 spiro atoms. The fraction of sp³-hybridized carbons (Fsp3) is 0.273. The van der Waals surface area contributed by atoms with Crippen molar-refractivity contribution in [2.75, 3.05) is 37.8 Å². The standard InChI is InChI=1S/C22H23F4N5O/c1-31(2)11-10-27-21-29-19(16-4-3-5-18(12-16)32-22(24,25)26)13-20(30-21)28-14-15-6-8-17(23)9-7-15/h3-9,12-13H,10-11,14H2,1-2H3,(H2,27,28,29,30). The number of rotatable bonds is 9. The van der Waals surface area contributed by atoms with Crippen LogP contribution in [0.1, 0.15) is 5.56 Å². The molecular weight excluding hydrogens is 426 g/mol. The third kappa shape index (κ3) is 7.38. The van der Waals surface area contributed by atoms with Crippen molar-refractivity contribution >= 4 is 11.8 Å². The molecule has 0 saturated heterocycles. The van der Waals surface area contributed by atoms with Crippen LogP contribution in [0.3, 0.4) is 0 Å². The van der Waals surface area contributed by atoms with Crippen molar-refractivity contribution in [3.8, 4) is 17.0 Å². The average Bonchev–Trinajstić information content (AvgIpc) is 2.72. The summed E-state index contributed by atoms with van der Waals surface area (Å²) in [6.45, 7) is 1.69. The van der Waals surface area contributed by atoms with E-state index in [2.05, 4.69) is 25.3 Å². The van der Waals surface area contributed by atoms with Crippen LogP contribution in [0.4, 0.5) is 29.3 Å². The lowest BCUT2D eigenvalue weighted by Crippen LogP contribution is -2.21. The zero-order chi connectivity index (χ0) is 23.1. The minimum atomic E-state index is -4.79. The van der Waals surface area contributed by atoms with Crippen molar-refractivity contribution in [2.24, 2.45) is 0 Å². The molecule has 3 rings (SSSR count). The Balaban J connectivity index is 1.85. The van der Waals surface area contributed by atoms with E-state index in [0.29, 0.717) is 36.1 Å². The molecule has 170 valence electrons. The molecule has 1 aromatic heterocycles. The summed E-state index contributed by atoms with van der Waals surface area (Å²) in [5.74, 6) is 0.130. The molecule has 0 aliphatic rings. The molecule has 0 radical (unpaired) electrons. The van der Waals surface area contributed by atoms with E-state index < -0.39 is 6.36 Å². The lowest BCUT2D eigenvalue weighted by Gasteiger charge is -2.14. The highest BCUT2D eigenvalue weighted by Gasteiger charge is 2.31. The fourth-order valence-corrected chi connectivity index (χ4v) is 2.80. The van der Waals surface area contributed by atoms with E-state index in [1.807, 2.05) is 19.0 Å². The smallest absolute Gasteiger partial charge is 0.406 e. The maximum atomic E-state index is 13.1. The Kier molecular flexibility index (Phi) is 7.47. The van der Waals surface area contributed by atoms with Crippen molar-refractivity contribution in [1.82, 2.24) is 14.9 Å². The Labute approximate surface area is 183 Å². The summed E-state index contributed by atoms with van der Waals surface area (Å²) >= 11 is 0. The van der Waals surface area contributed by atoms with Gasteiger partial charge in [0.25, 0.3) is 0 Å². The number of alkyl halides is 3. The topological polar surface area (TPSA) is 62.3 Å². The number of nitrogens with one attached hydrogen (secondary N) is 2. The number of likely N-dealkylation sites (N-methyl/N-ethyl adjacent to an activating group) is 1. The summed E-state index contributed by atoms with van der Waals surface area (Å²) in [4.78, 5) is 10.9. The van der Waals surface area contributed by atoms with Crippen LogP contribution in [-0.4, -0.2) is 48.4 Å². The molecule has 3 aromatic rings. The maximum absolute atomic E-state index is 13.1. The van der Waals surface area contributed by atoms with Gasteiger partial charge in [0, 0.05) is 31.3 Å². The second-order valence-electron chi connectivity index (χ2n) is 7.25. The Morgan fingerprint density at radius 1 is 0.969 bits per heavy atom. The van der Waals surface area contributed by atoms with Gasteiger partial charge in [-0.05, 0) is 43.9 Å². The monoisotopic (exact) mass is 449 g/mol. The molecule has 2 aromatic carbocycles. The Bertz CT molecular complexity index is 1030. The summed E-state index contributed by atoms with van der Waals surface area (Å²) in [6.07, 6.45) is -4.79. The molecule has 0 unspecified atom stereocenters. The summed E-state index contributed by atoms with van der Waals surface area (Å²) in [5.41, 5.74) is 1.70. The van der Waals surface area contributed by atoms with Gasteiger partial charge in [0.15, 0.2) is 0 Å². The van der Waals surface area contributed by atoms with Crippen molar-refractivity contribution in [3.63, 3.8) is 0 Å². The third-order valence-electron chi connectivity index (χ3n) is 4.32. The first-order valence-corrected chi connectivity index (χ1v) is 9.80. The quantitative estimate of drug-likeness (QED) is 0.459. The van der Waals surface area contributed by atoms with Crippen molar-refractivity contribution < 1.29 is 22.3 Å². The van der Waals surface area contributed by atoms with Gasteiger partial charge in [0.1, 0.15) is 17.4 Å². The number of hydrogen-bond donors (Lipinski definition) is 2. The Morgan fingerprint density at radius 2 is 1.72 bits per heavy atom. The van der Waals surface area contributed by atoms with Crippen LogP contribution in [0.15, 0.2) is 54.6 Å². The second-order valence-corrected chi connectivity index (χ2v) is 7.25. The summed E-state index contributed by atoms with van der Waals surface area (Å²) in [6, 6.07) is 13.3. The zero-order valence-electron chi connectivity index (χ0n) is 17.6. The first-order valence-electron chi connectivity index (χ1n) is 9.80. The van der Waals surface area contributed by atoms with Gasteiger partial charge in [-0.1, -0.05) is 24.3 Å². The summed E-state index contributed by atoms with van der Waals surface area (Å²) in [5, 5.41) is 6.27. The zero-order valence-corrected chi connectivity index (χ0v) is 17.6. The molecule has 0 atom stereocenters. The SMILES string of the molecule is CN(C)CCNc1nc(NCc2ccc(F)cc2)cc(-c2cccc(OC(F)(F)F)c2)n1. The molecule has 0 saturated carbocycles. The highest BCUT2D eigenvalue weighted by Crippen LogP contribution is 2.28. The molecule has 10 heteroatoms. The number of nitrogens with zero attached hydrogens (tertiary/aromatic N) is 3. The van der Waals surface area contributed by atoms with E-state index in [0.717, 1.165) is 12.1 Å². The van der Waals surface area contributed by atoms with E-state index in [1.54, 1.807) is 24.3 Å². The summed E-state index contributed by atoms with van der Waals surface area (Å²) in [7, 11) is 3.86. The normalized spacial score (nSPS) is 11.5. The fourth-order valence-electron chi connectivity index (χ4n) is 2.80. The van der Waals surface area contributed by atoms with Gasteiger partial charge < -0.3 is 20.3 Å². The van der Waals surface area contributed by atoms with Crippen LogP contribution in [-0.2, 0) is 6.54 Å². The van der Waals surface area contributed by atoms with E-state index in [4.69, 9.17) is 0 Å². The molecule has 1 heterocycles. The van der Waals surface area contributed by atoms with Crippen molar-refractivity contribution in [2.45, 2.75) is 12.9 Å². The number of anilines is 2. The molecule has 6 nitrogen and oxygen atoms in total. The third-order valence-corrected chi connectivity index (χ3v) is 4.32. The highest BCUT2D eigenvalue weighted by molar-refractivity contribution is 5.66. The lowest BCUT2D eigenvalue weighted by atomic mass is 10.1. The number of ether oxygens (including phenoxy) is 1. The number of hydrogen-bond acceptors (Lipinski definition) is 6. The van der Waals surface area contributed by atoms with Gasteiger partial charge in [-0.2, -0.15) is 4.98 Å².